The fourth-order valence-corrected chi connectivity index (χ4v) is 1.23. The molecule has 3 nitrogen and oxygen atoms in total. The van der Waals surface area contributed by atoms with Crippen LogP contribution in [0.5, 0.6) is 0 Å². The summed E-state index contributed by atoms with van der Waals surface area (Å²) >= 11 is 0. The van der Waals surface area contributed by atoms with Crippen LogP contribution in [-0.2, 0) is 0 Å². The summed E-state index contributed by atoms with van der Waals surface area (Å²) < 4.78 is 0. The molecule has 0 aliphatic rings. The third-order valence-electron chi connectivity index (χ3n) is 2.06. The molecule has 3 heteroatoms. The third-order valence-corrected chi connectivity index (χ3v) is 2.06. The minimum absolute atomic E-state index is 0.348. The first-order valence-electron chi connectivity index (χ1n) is 5.38. The summed E-state index contributed by atoms with van der Waals surface area (Å²) in [6.07, 6.45) is 5.94. The SMILES string of the molecule is CNCCNCCCCCCCO. The van der Waals surface area contributed by atoms with Crippen LogP contribution >= 0.6 is 0 Å². The summed E-state index contributed by atoms with van der Waals surface area (Å²) in [5.74, 6) is 0. The topological polar surface area (TPSA) is 44.3 Å². The Labute approximate surface area is 81.9 Å². The molecule has 0 fully saturated rings. The van der Waals surface area contributed by atoms with E-state index >= 15 is 0 Å². The molecule has 0 aliphatic carbocycles. The highest BCUT2D eigenvalue weighted by molar-refractivity contribution is 4.50. The Morgan fingerprint density at radius 2 is 1.54 bits per heavy atom. The molecule has 0 aromatic rings. The molecule has 0 saturated heterocycles. The van der Waals surface area contributed by atoms with E-state index in [1.807, 2.05) is 7.05 Å². The number of rotatable bonds is 10. The molecule has 0 heterocycles. The number of aliphatic hydroxyl groups excluding tert-OH is 1. The molecule has 0 saturated carbocycles. The first kappa shape index (κ1) is 12.9. The van der Waals surface area contributed by atoms with Crippen LogP contribution in [0.1, 0.15) is 32.1 Å². The Hall–Kier alpha value is -0.120. The molecule has 0 aromatic heterocycles. The van der Waals surface area contributed by atoms with E-state index < -0.39 is 0 Å². The average molecular weight is 188 g/mol. The van der Waals surface area contributed by atoms with E-state index in [1.54, 1.807) is 0 Å². The Balaban J connectivity index is 2.76. The summed E-state index contributed by atoms with van der Waals surface area (Å²) in [6, 6.07) is 0. The average Bonchev–Trinajstić information content (AvgIpc) is 2.16. The van der Waals surface area contributed by atoms with Crippen LogP contribution in [0.2, 0.25) is 0 Å². The van der Waals surface area contributed by atoms with Gasteiger partial charge in [0.1, 0.15) is 0 Å². The van der Waals surface area contributed by atoms with E-state index in [2.05, 4.69) is 10.6 Å². The van der Waals surface area contributed by atoms with Crippen LogP contribution < -0.4 is 10.6 Å². The van der Waals surface area contributed by atoms with E-state index in [9.17, 15) is 0 Å². The van der Waals surface area contributed by atoms with Crippen molar-refractivity contribution in [2.45, 2.75) is 32.1 Å². The van der Waals surface area contributed by atoms with Gasteiger partial charge in [-0.2, -0.15) is 0 Å². The Morgan fingerprint density at radius 3 is 2.23 bits per heavy atom. The molecule has 0 atom stereocenters. The minimum atomic E-state index is 0.348. The van der Waals surface area contributed by atoms with Crippen LogP contribution in [0.4, 0.5) is 0 Å². The van der Waals surface area contributed by atoms with Crippen molar-refractivity contribution in [2.75, 3.05) is 33.3 Å². The number of aliphatic hydroxyl groups is 1. The van der Waals surface area contributed by atoms with E-state index in [1.165, 1.54) is 25.7 Å². The molecule has 0 unspecified atom stereocenters. The molecule has 3 N–H and O–H groups in total. The molecule has 0 rings (SSSR count). The summed E-state index contributed by atoms with van der Waals surface area (Å²) in [7, 11) is 1.97. The highest BCUT2D eigenvalue weighted by Crippen LogP contribution is 2.01. The van der Waals surface area contributed by atoms with Crippen molar-refractivity contribution < 1.29 is 5.11 Å². The van der Waals surface area contributed by atoms with Gasteiger partial charge in [0, 0.05) is 19.7 Å². The molecular formula is C10H24N2O. The summed E-state index contributed by atoms with van der Waals surface area (Å²) in [4.78, 5) is 0. The molecule has 0 spiro atoms. The van der Waals surface area contributed by atoms with Crippen molar-refractivity contribution in [1.29, 1.82) is 0 Å². The van der Waals surface area contributed by atoms with E-state index in [-0.39, 0.29) is 0 Å². The minimum Gasteiger partial charge on any atom is -0.396 e. The van der Waals surface area contributed by atoms with Crippen molar-refractivity contribution >= 4 is 0 Å². The molecule has 0 bridgehead atoms. The van der Waals surface area contributed by atoms with E-state index in [0.29, 0.717) is 6.61 Å². The zero-order valence-corrected chi connectivity index (χ0v) is 8.81. The smallest absolute Gasteiger partial charge is 0.0431 e. The van der Waals surface area contributed by atoms with Gasteiger partial charge in [0.25, 0.3) is 0 Å². The normalized spacial score (nSPS) is 10.6. The molecular weight excluding hydrogens is 164 g/mol. The molecule has 0 aromatic carbocycles. The maximum absolute atomic E-state index is 8.55. The summed E-state index contributed by atoms with van der Waals surface area (Å²) in [5.41, 5.74) is 0. The van der Waals surface area contributed by atoms with Crippen molar-refractivity contribution in [3.8, 4) is 0 Å². The number of likely N-dealkylation sites (N-methyl/N-ethyl adjacent to an activating group) is 1. The number of unbranched alkanes of at least 4 members (excludes halogenated alkanes) is 4. The predicted octanol–water partition coefficient (Wildman–Crippen LogP) is 0.738. The summed E-state index contributed by atoms with van der Waals surface area (Å²) in [6.45, 7) is 3.58. The summed E-state index contributed by atoms with van der Waals surface area (Å²) in [5, 5.41) is 15.0. The Bertz CT molecular complexity index is 79.0. The van der Waals surface area contributed by atoms with Gasteiger partial charge in [0.05, 0.1) is 0 Å². The fourth-order valence-electron chi connectivity index (χ4n) is 1.23. The van der Waals surface area contributed by atoms with Gasteiger partial charge in [-0.3, -0.25) is 0 Å². The van der Waals surface area contributed by atoms with Gasteiger partial charge in [0.15, 0.2) is 0 Å². The lowest BCUT2D eigenvalue weighted by Crippen LogP contribution is -2.25. The number of hydrogen-bond acceptors (Lipinski definition) is 3. The van der Waals surface area contributed by atoms with Gasteiger partial charge in [-0.1, -0.05) is 19.3 Å². The van der Waals surface area contributed by atoms with Gasteiger partial charge in [-0.25, -0.2) is 0 Å². The van der Waals surface area contributed by atoms with Gasteiger partial charge in [0.2, 0.25) is 0 Å². The highest BCUT2D eigenvalue weighted by atomic mass is 16.2. The van der Waals surface area contributed by atoms with Gasteiger partial charge in [-0.15, -0.1) is 0 Å². The second-order valence-electron chi connectivity index (χ2n) is 3.34. The van der Waals surface area contributed by atoms with Crippen LogP contribution in [0.15, 0.2) is 0 Å². The fraction of sp³-hybridized carbons (Fsp3) is 1.00. The Morgan fingerprint density at radius 1 is 0.846 bits per heavy atom. The lowest BCUT2D eigenvalue weighted by Gasteiger charge is -2.03. The zero-order chi connectivity index (χ0) is 9.78. The van der Waals surface area contributed by atoms with Crippen molar-refractivity contribution in [2.24, 2.45) is 0 Å². The van der Waals surface area contributed by atoms with E-state index in [0.717, 1.165) is 26.1 Å². The first-order valence-corrected chi connectivity index (χ1v) is 5.38. The maximum atomic E-state index is 8.55. The maximum Gasteiger partial charge on any atom is 0.0431 e. The van der Waals surface area contributed by atoms with Gasteiger partial charge in [-0.05, 0) is 26.4 Å². The monoisotopic (exact) mass is 188 g/mol. The Kier molecular flexibility index (Phi) is 11.8. The van der Waals surface area contributed by atoms with Gasteiger partial charge >= 0.3 is 0 Å². The lowest BCUT2D eigenvalue weighted by molar-refractivity contribution is 0.282. The number of hydrogen-bond donors (Lipinski definition) is 3. The molecule has 80 valence electrons. The van der Waals surface area contributed by atoms with Gasteiger partial charge < -0.3 is 15.7 Å². The molecule has 0 amide bonds. The van der Waals surface area contributed by atoms with Crippen molar-refractivity contribution in [3.63, 3.8) is 0 Å². The van der Waals surface area contributed by atoms with E-state index in [4.69, 9.17) is 5.11 Å². The van der Waals surface area contributed by atoms with Crippen molar-refractivity contribution in [1.82, 2.24) is 10.6 Å². The molecule has 13 heavy (non-hydrogen) atoms. The van der Waals surface area contributed by atoms with Crippen LogP contribution in [0, 0.1) is 0 Å². The second kappa shape index (κ2) is 11.9. The van der Waals surface area contributed by atoms with Crippen LogP contribution in [0.25, 0.3) is 0 Å². The number of nitrogens with one attached hydrogen (secondary N) is 2. The highest BCUT2D eigenvalue weighted by Gasteiger charge is 1.89. The third kappa shape index (κ3) is 11.9. The zero-order valence-electron chi connectivity index (χ0n) is 8.81. The standard InChI is InChI=1S/C10H24N2O/c1-11-8-9-12-7-5-3-2-4-6-10-13/h11-13H,2-10H2,1H3. The van der Waals surface area contributed by atoms with Crippen LogP contribution in [-0.4, -0.2) is 38.4 Å². The second-order valence-corrected chi connectivity index (χ2v) is 3.34. The van der Waals surface area contributed by atoms with Crippen LogP contribution in [0.3, 0.4) is 0 Å². The predicted molar refractivity (Wildman–Crippen MR) is 57.0 cm³/mol. The molecule has 0 radical (unpaired) electrons. The molecule has 0 aliphatic heterocycles. The van der Waals surface area contributed by atoms with Crippen molar-refractivity contribution in [3.05, 3.63) is 0 Å². The largest absolute Gasteiger partial charge is 0.396 e. The first-order chi connectivity index (χ1) is 6.41. The lowest BCUT2D eigenvalue weighted by atomic mass is 10.1. The quantitative estimate of drug-likeness (QED) is 0.443.